The number of aromatic nitrogens is 1. The molecular formula is C16H15NO2. The molecule has 96 valence electrons. The van der Waals surface area contributed by atoms with Gasteiger partial charge in [-0.3, -0.25) is 4.79 Å². The lowest BCUT2D eigenvalue weighted by atomic mass is 10.2. The van der Waals surface area contributed by atoms with Gasteiger partial charge >= 0.3 is 0 Å². The van der Waals surface area contributed by atoms with E-state index in [9.17, 15) is 4.79 Å². The average molecular weight is 253 g/mol. The van der Waals surface area contributed by atoms with Crippen LogP contribution in [0.4, 0.5) is 0 Å². The number of hydrogen-bond acceptors (Lipinski definition) is 3. The lowest BCUT2D eigenvalue weighted by molar-refractivity contribution is -0.112. The highest BCUT2D eigenvalue weighted by molar-refractivity contribution is 5.91. The van der Waals surface area contributed by atoms with Crippen LogP contribution in [0.2, 0.25) is 0 Å². The minimum Gasteiger partial charge on any atom is -0.473 e. The van der Waals surface area contributed by atoms with Gasteiger partial charge in [-0.2, -0.15) is 0 Å². The van der Waals surface area contributed by atoms with Gasteiger partial charge in [-0.1, -0.05) is 30.3 Å². The number of carbonyl (C=O) groups is 1. The number of benzene rings is 1. The first-order chi connectivity index (χ1) is 9.24. The molecule has 2 rings (SSSR count). The van der Waals surface area contributed by atoms with Gasteiger partial charge in [-0.15, -0.1) is 0 Å². The third-order valence-corrected chi connectivity index (χ3v) is 2.50. The Morgan fingerprint density at radius 2 is 2.00 bits per heavy atom. The maximum Gasteiger partial charge on any atom is 0.213 e. The third kappa shape index (κ3) is 4.39. The minimum atomic E-state index is 0.0180. The maximum atomic E-state index is 10.8. The second-order valence-electron chi connectivity index (χ2n) is 4.15. The van der Waals surface area contributed by atoms with E-state index in [4.69, 9.17) is 4.74 Å². The Morgan fingerprint density at radius 3 is 2.63 bits per heavy atom. The van der Waals surface area contributed by atoms with Gasteiger partial charge in [0.25, 0.3) is 0 Å². The number of allylic oxidation sites excluding steroid dienone is 1. The van der Waals surface area contributed by atoms with Gasteiger partial charge in [-0.25, -0.2) is 4.98 Å². The maximum absolute atomic E-state index is 10.8. The second-order valence-corrected chi connectivity index (χ2v) is 4.15. The predicted molar refractivity (Wildman–Crippen MR) is 74.7 cm³/mol. The van der Waals surface area contributed by atoms with Crippen LogP contribution in [0.15, 0.2) is 54.7 Å². The molecule has 0 amide bonds. The Hall–Kier alpha value is -2.42. The summed E-state index contributed by atoms with van der Waals surface area (Å²) in [5.41, 5.74) is 1.98. The van der Waals surface area contributed by atoms with E-state index in [0.717, 1.165) is 11.1 Å². The van der Waals surface area contributed by atoms with Crippen LogP contribution in [-0.2, 0) is 11.4 Å². The van der Waals surface area contributed by atoms with Crippen molar-refractivity contribution in [2.24, 2.45) is 0 Å². The van der Waals surface area contributed by atoms with Crippen molar-refractivity contribution in [1.82, 2.24) is 4.98 Å². The van der Waals surface area contributed by atoms with Crippen LogP contribution in [0.5, 0.6) is 5.88 Å². The topological polar surface area (TPSA) is 39.2 Å². The summed E-state index contributed by atoms with van der Waals surface area (Å²) in [6, 6.07) is 13.6. The van der Waals surface area contributed by atoms with Gasteiger partial charge in [0.15, 0.2) is 5.78 Å². The van der Waals surface area contributed by atoms with E-state index in [1.807, 2.05) is 36.4 Å². The molecule has 0 radical (unpaired) electrons. The Bertz CT molecular complexity index is 559. The molecule has 0 aliphatic heterocycles. The molecule has 0 spiro atoms. The lowest BCUT2D eigenvalue weighted by Gasteiger charge is -2.05. The van der Waals surface area contributed by atoms with Gasteiger partial charge in [0, 0.05) is 12.3 Å². The molecule has 0 unspecified atom stereocenters. The van der Waals surface area contributed by atoms with Crippen molar-refractivity contribution in [2.45, 2.75) is 13.5 Å². The molecule has 0 fully saturated rings. The molecule has 3 nitrogen and oxygen atoms in total. The van der Waals surface area contributed by atoms with E-state index >= 15 is 0 Å². The van der Waals surface area contributed by atoms with Crippen molar-refractivity contribution in [3.05, 3.63) is 65.9 Å². The lowest BCUT2D eigenvalue weighted by Crippen LogP contribution is -1.96. The fourth-order valence-electron chi connectivity index (χ4n) is 1.52. The molecule has 0 atom stereocenters. The standard InChI is InChI=1S/C16H15NO2/c1-13(18)7-8-14-9-10-16(17-11-14)19-12-15-5-3-2-4-6-15/h2-11H,12H2,1H3/b8-7+. The number of nitrogens with zero attached hydrogens (tertiary/aromatic N) is 1. The molecule has 2 aromatic rings. The van der Waals surface area contributed by atoms with Gasteiger partial charge in [-0.05, 0) is 36.3 Å². The monoisotopic (exact) mass is 253 g/mol. The summed E-state index contributed by atoms with van der Waals surface area (Å²) in [5.74, 6) is 0.591. The van der Waals surface area contributed by atoms with E-state index in [1.165, 1.54) is 13.0 Å². The van der Waals surface area contributed by atoms with Crippen molar-refractivity contribution in [2.75, 3.05) is 0 Å². The fourth-order valence-corrected chi connectivity index (χ4v) is 1.52. The van der Waals surface area contributed by atoms with E-state index < -0.39 is 0 Å². The molecule has 1 aromatic carbocycles. The molecule has 0 aliphatic carbocycles. The number of ketones is 1. The first-order valence-corrected chi connectivity index (χ1v) is 6.05. The van der Waals surface area contributed by atoms with Crippen LogP contribution < -0.4 is 4.74 Å². The highest BCUT2D eigenvalue weighted by Gasteiger charge is 1.97. The minimum absolute atomic E-state index is 0.0180. The average Bonchev–Trinajstić information content (AvgIpc) is 2.45. The van der Waals surface area contributed by atoms with Crippen molar-refractivity contribution in [3.8, 4) is 5.88 Å². The molecule has 19 heavy (non-hydrogen) atoms. The van der Waals surface area contributed by atoms with E-state index in [0.29, 0.717) is 12.5 Å². The summed E-state index contributed by atoms with van der Waals surface area (Å²) in [4.78, 5) is 15.0. The van der Waals surface area contributed by atoms with Gasteiger partial charge in [0.05, 0.1) is 0 Å². The van der Waals surface area contributed by atoms with Crippen LogP contribution >= 0.6 is 0 Å². The Morgan fingerprint density at radius 1 is 1.21 bits per heavy atom. The zero-order chi connectivity index (χ0) is 13.5. The largest absolute Gasteiger partial charge is 0.473 e. The number of pyridine rings is 1. The highest BCUT2D eigenvalue weighted by Crippen LogP contribution is 2.11. The molecule has 0 aliphatic rings. The molecule has 3 heteroatoms. The summed E-state index contributed by atoms with van der Waals surface area (Å²) >= 11 is 0. The fraction of sp³-hybridized carbons (Fsp3) is 0.125. The summed E-state index contributed by atoms with van der Waals surface area (Å²) in [6.07, 6.45) is 4.93. The first kappa shape index (κ1) is 13.0. The molecule has 0 saturated carbocycles. The van der Waals surface area contributed by atoms with E-state index in [1.54, 1.807) is 18.3 Å². The van der Waals surface area contributed by atoms with Crippen molar-refractivity contribution < 1.29 is 9.53 Å². The number of ether oxygens (including phenoxy) is 1. The molecular weight excluding hydrogens is 238 g/mol. The Labute approximate surface area is 112 Å². The summed E-state index contributed by atoms with van der Waals surface area (Å²) in [5, 5.41) is 0. The van der Waals surface area contributed by atoms with E-state index in [-0.39, 0.29) is 5.78 Å². The normalized spacial score (nSPS) is 10.6. The molecule has 1 aromatic heterocycles. The van der Waals surface area contributed by atoms with Crippen LogP contribution in [0.1, 0.15) is 18.1 Å². The van der Waals surface area contributed by atoms with Gasteiger partial charge in [0.2, 0.25) is 5.88 Å². The SMILES string of the molecule is CC(=O)/C=C/c1ccc(OCc2ccccc2)nc1. The van der Waals surface area contributed by atoms with Crippen LogP contribution in [0, 0.1) is 0 Å². The van der Waals surface area contributed by atoms with Gasteiger partial charge in [0.1, 0.15) is 6.61 Å². The summed E-state index contributed by atoms with van der Waals surface area (Å²) in [7, 11) is 0. The van der Waals surface area contributed by atoms with Crippen molar-refractivity contribution in [3.63, 3.8) is 0 Å². The van der Waals surface area contributed by atoms with Crippen LogP contribution in [0.25, 0.3) is 6.08 Å². The molecule has 0 bridgehead atoms. The Balaban J connectivity index is 1.94. The summed E-state index contributed by atoms with van der Waals surface area (Å²) < 4.78 is 5.57. The first-order valence-electron chi connectivity index (χ1n) is 6.05. The third-order valence-electron chi connectivity index (χ3n) is 2.50. The molecule has 1 heterocycles. The van der Waals surface area contributed by atoms with Gasteiger partial charge < -0.3 is 4.74 Å². The quantitative estimate of drug-likeness (QED) is 0.768. The number of carbonyl (C=O) groups excluding carboxylic acids is 1. The zero-order valence-electron chi connectivity index (χ0n) is 10.7. The van der Waals surface area contributed by atoms with Crippen molar-refractivity contribution >= 4 is 11.9 Å². The summed E-state index contributed by atoms with van der Waals surface area (Å²) in [6.45, 7) is 2.01. The number of rotatable bonds is 5. The van der Waals surface area contributed by atoms with Crippen LogP contribution in [-0.4, -0.2) is 10.8 Å². The molecule has 0 saturated heterocycles. The van der Waals surface area contributed by atoms with Crippen molar-refractivity contribution in [1.29, 1.82) is 0 Å². The van der Waals surface area contributed by atoms with E-state index in [2.05, 4.69) is 4.98 Å². The van der Waals surface area contributed by atoms with Crippen LogP contribution in [0.3, 0.4) is 0 Å². The Kier molecular flexibility index (Phi) is 4.45. The predicted octanol–water partition coefficient (Wildman–Crippen LogP) is 3.26. The molecule has 0 N–H and O–H groups in total. The smallest absolute Gasteiger partial charge is 0.213 e. The number of hydrogen-bond donors (Lipinski definition) is 0. The highest BCUT2D eigenvalue weighted by atomic mass is 16.5. The zero-order valence-corrected chi connectivity index (χ0v) is 10.7. The second kappa shape index (κ2) is 6.50.